The second-order valence-corrected chi connectivity index (χ2v) is 6.31. The maximum Gasteiger partial charge on any atom is 0.329 e. The smallest absolute Gasteiger partial charge is 0.329 e. The third-order valence-electron chi connectivity index (χ3n) is 3.81. The summed E-state index contributed by atoms with van der Waals surface area (Å²) in [4.78, 5) is 24.5. The molecule has 0 saturated heterocycles. The predicted octanol–water partition coefficient (Wildman–Crippen LogP) is 2.82. The molecule has 0 bridgehead atoms. The topological polar surface area (TPSA) is 88.4 Å². The van der Waals surface area contributed by atoms with Gasteiger partial charge in [0, 0.05) is 0 Å². The van der Waals surface area contributed by atoms with E-state index in [2.05, 4.69) is 5.32 Å². The van der Waals surface area contributed by atoms with Crippen molar-refractivity contribution >= 4 is 11.9 Å². The van der Waals surface area contributed by atoms with Gasteiger partial charge in [-0.15, -0.1) is 0 Å². The zero-order valence-corrected chi connectivity index (χ0v) is 15.3. The summed E-state index contributed by atoms with van der Waals surface area (Å²) in [5, 5.41) is 11.5. The minimum absolute atomic E-state index is 0.0736. The van der Waals surface area contributed by atoms with Crippen LogP contribution in [0.4, 0.5) is 0 Å². The molecule has 0 spiro atoms. The lowest BCUT2D eigenvalue weighted by Crippen LogP contribution is -2.46. The van der Waals surface area contributed by atoms with Crippen molar-refractivity contribution < 1.29 is 19.1 Å². The average Bonchev–Trinajstić information content (AvgIpc) is 2.69. The van der Waals surface area contributed by atoms with Crippen molar-refractivity contribution in [3.8, 4) is 11.8 Å². The summed E-state index contributed by atoms with van der Waals surface area (Å²) in [5.41, 5.74) is 1.31. The maximum absolute atomic E-state index is 12.4. The maximum atomic E-state index is 12.4. The van der Waals surface area contributed by atoms with Gasteiger partial charge >= 0.3 is 5.97 Å². The molecule has 0 aliphatic rings. The second kappa shape index (κ2) is 9.97. The first-order valence-electron chi connectivity index (χ1n) is 8.62. The van der Waals surface area contributed by atoms with E-state index in [-0.39, 0.29) is 19.1 Å². The molecule has 0 unspecified atom stereocenters. The zero-order valence-electron chi connectivity index (χ0n) is 15.3. The van der Waals surface area contributed by atoms with Crippen molar-refractivity contribution in [3.63, 3.8) is 0 Å². The van der Waals surface area contributed by atoms with Crippen LogP contribution in [-0.2, 0) is 20.9 Å². The van der Waals surface area contributed by atoms with Crippen LogP contribution >= 0.6 is 0 Å². The van der Waals surface area contributed by atoms with Gasteiger partial charge in [-0.1, -0.05) is 44.2 Å². The molecule has 1 amide bonds. The van der Waals surface area contributed by atoms with Gasteiger partial charge in [0.05, 0.1) is 11.6 Å². The van der Waals surface area contributed by atoms with Crippen molar-refractivity contribution in [1.82, 2.24) is 5.32 Å². The van der Waals surface area contributed by atoms with Crippen LogP contribution < -0.4 is 10.1 Å². The van der Waals surface area contributed by atoms with Gasteiger partial charge < -0.3 is 14.8 Å². The second-order valence-electron chi connectivity index (χ2n) is 6.31. The van der Waals surface area contributed by atoms with Crippen molar-refractivity contribution in [2.24, 2.45) is 5.92 Å². The Labute approximate surface area is 158 Å². The molecule has 1 N–H and O–H groups in total. The molecule has 0 saturated carbocycles. The Kier molecular flexibility index (Phi) is 7.38. The van der Waals surface area contributed by atoms with E-state index in [0.29, 0.717) is 11.3 Å². The van der Waals surface area contributed by atoms with Gasteiger partial charge in [-0.25, -0.2) is 4.79 Å². The van der Waals surface area contributed by atoms with Crippen LogP contribution in [0.5, 0.6) is 5.75 Å². The van der Waals surface area contributed by atoms with Gasteiger partial charge in [0.15, 0.2) is 6.61 Å². The van der Waals surface area contributed by atoms with Crippen LogP contribution in [0.3, 0.4) is 0 Å². The van der Waals surface area contributed by atoms with E-state index in [0.717, 1.165) is 5.56 Å². The molecule has 0 aliphatic heterocycles. The minimum atomic E-state index is -0.768. The number of hydrogen-bond acceptors (Lipinski definition) is 5. The fourth-order valence-corrected chi connectivity index (χ4v) is 2.30. The number of hydrogen-bond donors (Lipinski definition) is 1. The molecule has 6 heteroatoms. The van der Waals surface area contributed by atoms with Crippen LogP contribution in [0.1, 0.15) is 25.0 Å². The van der Waals surface area contributed by atoms with Gasteiger partial charge in [0.1, 0.15) is 18.4 Å². The molecule has 2 aromatic rings. The first-order valence-corrected chi connectivity index (χ1v) is 8.62. The molecule has 0 radical (unpaired) electrons. The Morgan fingerprint density at radius 3 is 2.33 bits per heavy atom. The Balaban J connectivity index is 1.86. The molecule has 140 valence electrons. The number of nitrogens with one attached hydrogen (secondary N) is 1. The number of carbonyl (C=O) groups excluding carboxylic acids is 2. The van der Waals surface area contributed by atoms with E-state index in [1.54, 1.807) is 36.4 Å². The monoisotopic (exact) mass is 366 g/mol. The SMILES string of the molecule is CC(C)[C@H](NC(=O)COc1ccccc1)C(=O)OCc1ccc(C#N)cc1. The van der Waals surface area contributed by atoms with Crippen molar-refractivity contribution in [2.45, 2.75) is 26.5 Å². The minimum Gasteiger partial charge on any atom is -0.484 e. The molecule has 0 heterocycles. The summed E-state index contributed by atoms with van der Waals surface area (Å²) >= 11 is 0. The number of para-hydroxylation sites is 1. The van der Waals surface area contributed by atoms with E-state index < -0.39 is 17.9 Å². The number of nitriles is 1. The Bertz CT molecular complexity index is 795. The predicted molar refractivity (Wildman–Crippen MR) is 99.7 cm³/mol. The van der Waals surface area contributed by atoms with Crippen LogP contribution in [-0.4, -0.2) is 24.5 Å². The molecule has 6 nitrogen and oxygen atoms in total. The van der Waals surface area contributed by atoms with Crippen molar-refractivity contribution in [1.29, 1.82) is 5.26 Å². The number of rotatable bonds is 8. The highest BCUT2D eigenvalue weighted by molar-refractivity contribution is 5.85. The van der Waals surface area contributed by atoms with Gasteiger partial charge in [-0.3, -0.25) is 4.79 Å². The molecule has 2 rings (SSSR count). The van der Waals surface area contributed by atoms with Crippen molar-refractivity contribution in [2.75, 3.05) is 6.61 Å². The number of nitrogens with zero attached hydrogens (tertiary/aromatic N) is 1. The zero-order chi connectivity index (χ0) is 19.6. The lowest BCUT2D eigenvalue weighted by atomic mass is 10.0. The molecule has 1 atom stereocenters. The average molecular weight is 366 g/mol. The quantitative estimate of drug-likeness (QED) is 0.726. The summed E-state index contributed by atoms with van der Waals surface area (Å²) in [7, 11) is 0. The van der Waals surface area contributed by atoms with Crippen LogP contribution in [0, 0.1) is 17.2 Å². The lowest BCUT2D eigenvalue weighted by molar-refractivity contribution is -0.150. The fourth-order valence-electron chi connectivity index (χ4n) is 2.30. The molecular formula is C21H22N2O4. The van der Waals surface area contributed by atoms with E-state index in [1.165, 1.54) is 0 Å². The highest BCUT2D eigenvalue weighted by Crippen LogP contribution is 2.10. The highest BCUT2D eigenvalue weighted by atomic mass is 16.5. The number of amides is 1. The van der Waals surface area contributed by atoms with Gasteiger partial charge in [0.2, 0.25) is 0 Å². The first-order chi connectivity index (χ1) is 13.0. The Hall–Kier alpha value is -3.33. The largest absolute Gasteiger partial charge is 0.484 e. The number of esters is 1. The lowest BCUT2D eigenvalue weighted by Gasteiger charge is -2.21. The Morgan fingerprint density at radius 1 is 1.07 bits per heavy atom. The summed E-state index contributed by atoms with van der Waals surface area (Å²) in [6.45, 7) is 3.54. The molecule has 27 heavy (non-hydrogen) atoms. The summed E-state index contributed by atoms with van der Waals surface area (Å²) < 4.78 is 10.7. The molecule has 2 aromatic carbocycles. The summed E-state index contributed by atoms with van der Waals surface area (Å²) in [6, 6.07) is 17.0. The van der Waals surface area contributed by atoms with Crippen molar-refractivity contribution in [3.05, 3.63) is 65.7 Å². The van der Waals surface area contributed by atoms with E-state index in [1.807, 2.05) is 38.1 Å². The third-order valence-corrected chi connectivity index (χ3v) is 3.81. The molecular weight excluding hydrogens is 344 g/mol. The van der Waals surface area contributed by atoms with E-state index in [9.17, 15) is 9.59 Å². The van der Waals surface area contributed by atoms with Crippen LogP contribution in [0.25, 0.3) is 0 Å². The standard InChI is InChI=1S/C21H22N2O4/c1-15(2)20(23-19(24)14-26-18-6-4-3-5-7-18)21(25)27-13-17-10-8-16(12-22)9-11-17/h3-11,15,20H,13-14H2,1-2H3,(H,23,24)/t20-/m0/s1. The van der Waals surface area contributed by atoms with Gasteiger partial charge in [0.25, 0.3) is 5.91 Å². The van der Waals surface area contributed by atoms with Gasteiger partial charge in [-0.2, -0.15) is 5.26 Å². The molecule has 0 aromatic heterocycles. The number of ether oxygens (including phenoxy) is 2. The Morgan fingerprint density at radius 2 is 1.74 bits per heavy atom. The molecule has 0 aliphatic carbocycles. The van der Waals surface area contributed by atoms with Gasteiger partial charge in [-0.05, 0) is 35.7 Å². The normalized spacial score (nSPS) is 11.3. The fraction of sp³-hybridized carbons (Fsp3) is 0.286. The van der Waals surface area contributed by atoms with E-state index >= 15 is 0 Å². The van der Waals surface area contributed by atoms with Crippen LogP contribution in [0.15, 0.2) is 54.6 Å². The first kappa shape index (κ1) is 20.0. The summed E-state index contributed by atoms with van der Waals surface area (Å²) in [5.74, 6) is -0.466. The highest BCUT2D eigenvalue weighted by Gasteiger charge is 2.25. The third kappa shape index (κ3) is 6.48. The number of carbonyl (C=O) groups is 2. The number of benzene rings is 2. The van der Waals surface area contributed by atoms with Crippen LogP contribution in [0.2, 0.25) is 0 Å². The summed E-state index contributed by atoms with van der Waals surface area (Å²) in [6.07, 6.45) is 0. The van der Waals surface area contributed by atoms with E-state index in [4.69, 9.17) is 14.7 Å². The molecule has 0 fully saturated rings.